The third-order valence-electron chi connectivity index (χ3n) is 2.25. The van der Waals surface area contributed by atoms with E-state index in [1.54, 1.807) is 30.3 Å². The van der Waals surface area contributed by atoms with Gasteiger partial charge >= 0.3 is 18.3 Å². The molecule has 18 heavy (non-hydrogen) atoms. The van der Waals surface area contributed by atoms with Crippen molar-refractivity contribution in [2.75, 3.05) is 0 Å². The summed E-state index contributed by atoms with van der Waals surface area (Å²) in [6, 6.07) is 8.09. The molecular weight excluding hydrogens is 258 g/mol. The summed E-state index contributed by atoms with van der Waals surface area (Å²) in [5, 5.41) is 0. The van der Waals surface area contributed by atoms with E-state index in [9.17, 15) is 26.3 Å². The molecule has 1 aromatic carbocycles. The van der Waals surface area contributed by atoms with Crippen molar-refractivity contribution in [3.63, 3.8) is 0 Å². The van der Waals surface area contributed by atoms with E-state index in [-0.39, 0.29) is 0 Å². The summed E-state index contributed by atoms with van der Waals surface area (Å²) in [4.78, 5) is 0. The number of rotatable bonds is 5. The summed E-state index contributed by atoms with van der Waals surface area (Å²) in [7, 11) is 0. The van der Waals surface area contributed by atoms with Crippen molar-refractivity contribution >= 4 is 6.08 Å². The molecule has 0 nitrogen and oxygen atoms in total. The van der Waals surface area contributed by atoms with Crippen LogP contribution in [0, 0.1) is 0 Å². The van der Waals surface area contributed by atoms with Crippen molar-refractivity contribution in [3.05, 3.63) is 42.0 Å². The highest BCUT2D eigenvalue weighted by atomic mass is 19.3. The lowest BCUT2D eigenvalue weighted by molar-refractivity contribution is -0.261. The molecule has 0 saturated carbocycles. The Kier molecular flexibility index (Phi) is 4.43. The zero-order chi connectivity index (χ0) is 13.8. The molecule has 0 amide bonds. The van der Waals surface area contributed by atoms with Gasteiger partial charge in [0.05, 0.1) is 0 Å². The zero-order valence-corrected chi connectivity index (χ0v) is 9.09. The normalized spacial score (nSPS) is 13.5. The van der Waals surface area contributed by atoms with Gasteiger partial charge in [0.2, 0.25) is 0 Å². The summed E-state index contributed by atoms with van der Waals surface area (Å²) in [5.41, 5.74) is 0.522. The van der Waals surface area contributed by atoms with Crippen LogP contribution in [0.2, 0.25) is 0 Å². The minimum absolute atomic E-state index is 0.522. The highest BCUT2D eigenvalue weighted by molar-refractivity contribution is 5.48. The van der Waals surface area contributed by atoms with Gasteiger partial charge in [-0.1, -0.05) is 42.5 Å². The van der Waals surface area contributed by atoms with Crippen molar-refractivity contribution in [1.82, 2.24) is 0 Å². The first-order valence-corrected chi connectivity index (χ1v) is 5.03. The van der Waals surface area contributed by atoms with Gasteiger partial charge in [0.15, 0.2) is 0 Å². The summed E-state index contributed by atoms with van der Waals surface area (Å²) < 4.78 is 74.4. The monoisotopic (exact) mass is 268 g/mol. The van der Waals surface area contributed by atoms with Crippen LogP contribution in [0.4, 0.5) is 26.3 Å². The second-order valence-electron chi connectivity index (χ2n) is 3.65. The number of halogens is 6. The molecule has 1 aromatic rings. The first-order chi connectivity index (χ1) is 8.27. The molecule has 6 heteroatoms. The first-order valence-electron chi connectivity index (χ1n) is 5.03. The Morgan fingerprint density at radius 1 is 1.00 bits per heavy atom. The van der Waals surface area contributed by atoms with Gasteiger partial charge in [-0.05, 0) is 5.56 Å². The molecule has 0 unspecified atom stereocenters. The van der Waals surface area contributed by atoms with E-state index in [4.69, 9.17) is 0 Å². The Labute approximate surface area is 99.9 Å². The van der Waals surface area contributed by atoms with Crippen molar-refractivity contribution in [2.24, 2.45) is 0 Å². The van der Waals surface area contributed by atoms with E-state index in [0.717, 1.165) is 6.08 Å². The van der Waals surface area contributed by atoms with Gasteiger partial charge in [-0.25, -0.2) is 8.78 Å². The lowest BCUT2D eigenvalue weighted by Crippen LogP contribution is -2.45. The second kappa shape index (κ2) is 5.46. The van der Waals surface area contributed by atoms with E-state index in [1.165, 1.54) is 6.08 Å². The number of hydrogen-bond donors (Lipinski definition) is 0. The molecule has 100 valence electrons. The molecule has 0 aliphatic carbocycles. The average molecular weight is 268 g/mol. The van der Waals surface area contributed by atoms with Crippen molar-refractivity contribution < 1.29 is 26.3 Å². The minimum atomic E-state index is -5.33. The predicted octanol–water partition coefficient (Wildman–Crippen LogP) is 4.63. The molecule has 0 aliphatic rings. The molecule has 0 spiro atoms. The van der Waals surface area contributed by atoms with Gasteiger partial charge in [-0.3, -0.25) is 0 Å². The van der Waals surface area contributed by atoms with Crippen LogP contribution in [0.5, 0.6) is 0 Å². The third-order valence-corrected chi connectivity index (χ3v) is 2.25. The lowest BCUT2D eigenvalue weighted by atomic mass is 10.1. The van der Waals surface area contributed by atoms with Gasteiger partial charge in [0, 0.05) is 6.42 Å². The first kappa shape index (κ1) is 14.6. The molecule has 0 atom stereocenters. The lowest BCUT2D eigenvalue weighted by Gasteiger charge is -2.24. The largest absolute Gasteiger partial charge is 0.369 e. The maximum absolute atomic E-state index is 12.9. The topological polar surface area (TPSA) is 0 Å². The molecule has 0 saturated heterocycles. The molecule has 0 bridgehead atoms. The predicted molar refractivity (Wildman–Crippen MR) is 56.0 cm³/mol. The molecule has 0 aromatic heterocycles. The standard InChI is InChI=1S/C12H10F6/c13-10(14)12(17,18)11(15,16)8-4-7-9-5-2-1-3-6-9/h1-7,10H,8H2. The number of allylic oxidation sites excluding steroid dienone is 1. The van der Waals surface area contributed by atoms with Crippen LogP contribution in [0.25, 0.3) is 6.08 Å². The smallest absolute Gasteiger partial charge is 0.203 e. The van der Waals surface area contributed by atoms with E-state index >= 15 is 0 Å². The van der Waals surface area contributed by atoms with Gasteiger partial charge < -0.3 is 0 Å². The Balaban J connectivity index is 2.70. The molecule has 0 aliphatic heterocycles. The molecular formula is C12H10F6. The van der Waals surface area contributed by atoms with Crippen LogP contribution in [0.1, 0.15) is 12.0 Å². The van der Waals surface area contributed by atoms with Crippen molar-refractivity contribution in [2.45, 2.75) is 24.7 Å². The fraction of sp³-hybridized carbons (Fsp3) is 0.333. The molecule has 0 radical (unpaired) electrons. The third kappa shape index (κ3) is 3.27. The van der Waals surface area contributed by atoms with Gasteiger partial charge in [-0.2, -0.15) is 17.6 Å². The van der Waals surface area contributed by atoms with Crippen LogP contribution >= 0.6 is 0 Å². The zero-order valence-electron chi connectivity index (χ0n) is 9.09. The van der Waals surface area contributed by atoms with Crippen LogP contribution in [0.3, 0.4) is 0 Å². The van der Waals surface area contributed by atoms with Gasteiger partial charge in [0.25, 0.3) is 0 Å². The Morgan fingerprint density at radius 3 is 2.06 bits per heavy atom. The van der Waals surface area contributed by atoms with Crippen molar-refractivity contribution in [3.8, 4) is 0 Å². The number of alkyl halides is 6. The fourth-order valence-corrected chi connectivity index (χ4v) is 1.20. The minimum Gasteiger partial charge on any atom is -0.203 e. The van der Waals surface area contributed by atoms with E-state index < -0.39 is 24.7 Å². The Hall–Kier alpha value is -1.46. The molecule has 0 heterocycles. The highest BCUT2D eigenvalue weighted by Crippen LogP contribution is 2.41. The molecule has 0 N–H and O–H groups in total. The van der Waals surface area contributed by atoms with E-state index in [0.29, 0.717) is 5.56 Å². The quantitative estimate of drug-likeness (QED) is 0.683. The van der Waals surface area contributed by atoms with E-state index in [2.05, 4.69) is 0 Å². The second-order valence-corrected chi connectivity index (χ2v) is 3.65. The van der Waals surface area contributed by atoms with Crippen LogP contribution in [-0.4, -0.2) is 18.3 Å². The summed E-state index contributed by atoms with van der Waals surface area (Å²) >= 11 is 0. The Bertz CT molecular complexity index is 396. The fourth-order valence-electron chi connectivity index (χ4n) is 1.20. The molecule has 1 rings (SSSR count). The van der Waals surface area contributed by atoms with Crippen LogP contribution < -0.4 is 0 Å². The van der Waals surface area contributed by atoms with Crippen LogP contribution in [-0.2, 0) is 0 Å². The summed E-state index contributed by atoms with van der Waals surface area (Å²) in [6.45, 7) is 0. The average Bonchev–Trinajstić information content (AvgIpc) is 2.29. The summed E-state index contributed by atoms with van der Waals surface area (Å²) in [5.74, 6) is -10.1. The maximum Gasteiger partial charge on any atom is 0.369 e. The Morgan fingerprint density at radius 2 is 1.56 bits per heavy atom. The maximum atomic E-state index is 12.9. The SMILES string of the molecule is FC(F)C(F)(F)C(F)(F)CC=Cc1ccccc1. The molecule has 0 fully saturated rings. The summed E-state index contributed by atoms with van der Waals surface area (Å²) in [6.07, 6.45) is -3.90. The van der Waals surface area contributed by atoms with Crippen LogP contribution in [0.15, 0.2) is 36.4 Å². The highest BCUT2D eigenvalue weighted by Gasteiger charge is 2.61. The number of benzene rings is 1. The van der Waals surface area contributed by atoms with E-state index in [1.807, 2.05) is 0 Å². The number of hydrogen-bond acceptors (Lipinski definition) is 0. The van der Waals surface area contributed by atoms with Gasteiger partial charge in [0.1, 0.15) is 0 Å². The van der Waals surface area contributed by atoms with Gasteiger partial charge in [-0.15, -0.1) is 0 Å². The van der Waals surface area contributed by atoms with Crippen molar-refractivity contribution in [1.29, 1.82) is 0 Å².